The number of hydrogen-bond acceptors (Lipinski definition) is 8. The van der Waals surface area contributed by atoms with E-state index in [1.165, 1.54) is 12.1 Å². The van der Waals surface area contributed by atoms with Gasteiger partial charge in [0.2, 0.25) is 5.95 Å². The third-order valence-electron chi connectivity index (χ3n) is 6.98. The molecule has 0 radical (unpaired) electrons. The zero-order chi connectivity index (χ0) is 29.1. The summed E-state index contributed by atoms with van der Waals surface area (Å²) in [7, 11) is -3.68. The lowest BCUT2D eigenvalue weighted by molar-refractivity contribution is 0.0981. The number of rotatable bonds is 6. The number of aromatic nitrogens is 2. The number of halogens is 1. The van der Waals surface area contributed by atoms with E-state index in [4.69, 9.17) is 19.4 Å². The monoisotopic (exact) mass is 578 g/mol. The Morgan fingerprint density at radius 3 is 2.56 bits per heavy atom. The molecule has 1 N–H and O–H groups in total. The Bertz CT molecular complexity index is 1610. The van der Waals surface area contributed by atoms with Crippen LogP contribution in [0.2, 0.25) is 0 Å². The summed E-state index contributed by atoms with van der Waals surface area (Å²) in [4.78, 5) is 24.0. The van der Waals surface area contributed by atoms with Gasteiger partial charge in [0, 0.05) is 18.4 Å². The van der Waals surface area contributed by atoms with E-state index in [0.717, 1.165) is 17.9 Å². The van der Waals surface area contributed by atoms with E-state index in [2.05, 4.69) is 5.32 Å². The maximum absolute atomic E-state index is 14.4. The van der Waals surface area contributed by atoms with E-state index in [9.17, 15) is 17.6 Å². The zero-order valence-electron chi connectivity index (χ0n) is 23.0. The number of allylic oxidation sites excluding steroid dienone is 2. The first-order valence-electron chi connectivity index (χ1n) is 13.3. The van der Waals surface area contributed by atoms with Gasteiger partial charge in [-0.25, -0.2) is 27.6 Å². The largest absolute Gasteiger partial charge is 0.413 e. The molecule has 3 aromatic rings. The normalized spacial score (nSPS) is 20.8. The van der Waals surface area contributed by atoms with Crippen LogP contribution in [0.5, 0.6) is 5.75 Å². The second kappa shape index (κ2) is 11.8. The number of carbonyl (C=O) groups excluding carboxylic acids is 1. The van der Waals surface area contributed by atoms with Crippen molar-refractivity contribution in [2.24, 2.45) is 5.92 Å². The van der Waals surface area contributed by atoms with Gasteiger partial charge in [-0.3, -0.25) is 0 Å². The molecule has 2 aliphatic rings. The molecule has 1 aromatic heterocycles. The summed E-state index contributed by atoms with van der Waals surface area (Å²) in [6, 6.07) is 13.7. The molecule has 1 aliphatic carbocycles. The molecule has 0 saturated carbocycles. The van der Waals surface area contributed by atoms with Crippen LogP contribution < -0.4 is 15.0 Å². The highest BCUT2D eigenvalue weighted by Gasteiger charge is 2.26. The van der Waals surface area contributed by atoms with Crippen LogP contribution in [0.25, 0.3) is 16.8 Å². The van der Waals surface area contributed by atoms with Gasteiger partial charge in [0.15, 0.2) is 9.84 Å². The molecular weight excluding hydrogens is 547 g/mol. The number of ether oxygens (including phenoxy) is 2. The first-order chi connectivity index (χ1) is 19.6. The fourth-order valence-corrected chi connectivity index (χ4v) is 5.71. The van der Waals surface area contributed by atoms with Gasteiger partial charge >= 0.3 is 6.09 Å². The lowest BCUT2D eigenvalue weighted by Gasteiger charge is -2.33. The third-order valence-corrected chi connectivity index (χ3v) is 8.14. The van der Waals surface area contributed by atoms with Gasteiger partial charge in [-0.2, -0.15) is 0 Å². The molecule has 2 heterocycles. The van der Waals surface area contributed by atoms with E-state index in [1.807, 2.05) is 43.0 Å². The van der Waals surface area contributed by atoms with Crippen LogP contribution in [0.4, 0.5) is 15.1 Å². The van der Waals surface area contributed by atoms with Crippen LogP contribution in [0.15, 0.2) is 77.7 Å². The first kappa shape index (κ1) is 28.4. The predicted molar refractivity (Wildman–Crippen MR) is 154 cm³/mol. The van der Waals surface area contributed by atoms with Gasteiger partial charge in [0.25, 0.3) is 0 Å². The van der Waals surface area contributed by atoms with Crippen molar-refractivity contribution >= 4 is 27.5 Å². The van der Waals surface area contributed by atoms with Gasteiger partial charge < -0.3 is 19.7 Å². The Labute approximate surface area is 238 Å². The Morgan fingerprint density at radius 2 is 1.85 bits per heavy atom. The van der Waals surface area contributed by atoms with Crippen molar-refractivity contribution in [2.75, 3.05) is 30.9 Å². The van der Waals surface area contributed by atoms with E-state index >= 15 is 0 Å². The topological polar surface area (TPSA) is 111 Å². The number of morpholine rings is 1. The lowest BCUT2D eigenvalue weighted by atomic mass is 9.91. The van der Waals surface area contributed by atoms with Crippen molar-refractivity contribution in [1.82, 2.24) is 15.3 Å². The minimum absolute atomic E-state index is 0.0206. The summed E-state index contributed by atoms with van der Waals surface area (Å²) >= 11 is 0. The molecule has 2 aromatic carbocycles. The summed E-state index contributed by atoms with van der Waals surface area (Å²) in [6.07, 6.45) is 6.18. The predicted octanol–water partition coefficient (Wildman–Crippen LogP) is 4.66. The highest BCUT2D eigenvalue weighted by molar-refractivity contribution is 7.90. The molecule has 5 rings (SSSR count). The average Bonchev–Trinajstić information content (AvgIpc) is 2.94. The van der Waals surface area contributed by atoms with Crippen molar-refractivity contribution in [1.29, 1.82) is 0 Å². The highest BCUT2D eigenvalue weighted by atomic mass is 32.2. The third kappa shape index (κ3) is 6.63. The second-order valence-electron chi connectivity index (χ2n) is 10.2. The molecule has 1 amide bonds. The molecule has 3 atom stereocenters. The number of benzene rings is 2. The fraction of sp³-hybridized carbons (Fsp3) is 0.300. The van der Waals surface area contributed by atoms with Crippen molar-refractivity contribution < 1.29 is 27.1 Å². The van der Waals surface area contributed by atoms with Crippen molar-refractivity contribution in [3.05, 3.63) is 84.3 Å². The SMILES string of the molecule is CC1C=C(c2cc(-c3cc(F)ccc3S(C)(=O)=O)nc(N3CCOCC3C)n2)C=CC1NC(=O)Oc1ccccc1. The van der Waals surface area contributed by atoms with E-state index < -0.39 is 21.7 Å². The van der Waals surface area contributed by atoms with Crippen LogP contribution in [-0.4, -0.2) is 62.6 Å². The van der Waals surface area contributed by atoms with E-state index in [1.54, 1.807) is 30.3 Å². The quantitative estimate of drug-likeness (QED) is 0.421. The van der Waals surface area contributed by atoms with Crippen LogP contribution in [0.3, 0.4) is 0 Å². The molecule has 11 heteroatoms. The number of sulfone groups is 1. The van der Waals surface area contributed by atoms with Crippen LogP contribution in [0.1, 0.15) is 19.5 Å². The van der Waals surface area contributed by atoms with Gasteiger partial charge in [0.1, 0.15) is 11.6 Å². The Balaban J connectivity index is 1.49. The number of nitrogens with one attached hydrogen (secondary N) is 1. The molecule has 1 aliphatic heterocycles. The minimum atomic E-state index is -3.68. The van der Waals surface area contributed by atoms with Gasteiger partial charge in [0.05, 0.1) is 41.6 Å². The highest BCUT2D eigenvalue weighted by Crippen LogP contribution is 2.33. The van der Waals surface area contributed by atoms with Crippen molar-refractivity contribution in [2.45, 2.75) is 30.8 Å². The molecular formula is C30H31FN4O5S. The van der Waals surface area contributed by atoms with Crippen molar-refractivity contribution in [3.63, 3.8) is 0 Å². The van der Waals surface area contributed by atoms with E-state index in [0.29, 0.717) is 37.2 Å². The summed E-state index contributed by atoms with van der Waals surface area (Å²) in [5.74, 6) is 0.141. The smallest absolute Gasteiger partial charge is 0.410 e. The van der Waals surface area contributed by atoms with Gasteiger partial charge in [-0.05, 0) is 54.8 Å². The number of anilines is 1. The summed E-state index contributed by atoms with van der Waals surface area (Å²) in [5, 5.41) is 2.87. The van der Waals surface area contributed by atoms with Crippen LogP contribution in [-0.2, 0) is 14.6 Å². The van der Waals surface area contributed by atoms with Crippen LogP contribution in [0, 0.1) is 11.7 Å². The van der Waals surface area contributed by atoms with E-state index in [-0.39, 0.29) is 34.2 Å². The Morgan fingerprint density at radius 1 is 1.10 bits per heavy atom. The average molecular weight is 579 g/mol. The molecule has 0 bridgehead atoms. The zero-order valence-corrected chi connectivity index (χ0v) is 23.8. The summed E-state index contributed by atoms with van der Waals surface area (Å²) in [5.41, 5.74) is 1.75. The standard InChI is InChI=1S/C30H31FN4O5S/c1-19-15-21(9-11-25(19)34-30(36)40-23-7-5-4-6-8-23)26-17-27(24-16-22(31)10-12-28(24)41(3,37)38)33-29(32-26)35-13-14-39-18-20(35)2/h4-12,15-17,19-20,25H,13-14,18H2,1-3H3,(H,34,36). The van der Waals surface area contributed by atoms with Gasteiger partial charge in [-0.1, -0.05) is 43.4 Å². The number of para-hydroxylation sites is 1. The number of hydrogen-bond donors (Lipinski definition) is 1. The molecule has 0 spiro atoms. The van der Waals surface area contributed by atoms with Gasteiger partial charge in [-0.15, -0.1) is 0 Å². The molecule has 9 nitrogen and oxygen atoms in total. The fourth-order valence-electron chi connectivity index (χ4n) is 4.84. The molecule has 1 fully saturated rings. The maximum atomic E-state index is 14.4. The number of carbonyl (C=O) groups is 1. The molecule has 3 unspecified atom stereocenters. The second-order valence-corrected chi connectivity index (χ2v) is 12.2. The Hall–Kier alpha value is -4.09. The first-order valence-corrected chi connectivity index (χ1v) is 15.1. The lowest BCUT2D eigenvalue weighted by Crippen LogP contribution is -2.44. The minimum Gasteiger partial charge on any atom is -0.410 e. The molecule has 41 heavy (non-hydrogen) atoms. The van der Waals surface area contributed by atoms with Crippen LogP contribution >= 0.6 is 0 Å². The maximum Gasteiger partial charge on any atom is 0.413 e. The van der Waals surface area contributed by atoms with Crippen molar-refractivity contribution in [3.8, 4) is 17.0 Å². The Kier molecular flexibility index (Phi) is 8.18. The summed E-state index contributed by atoms with van der Waals surface area (Å²) in [6.45, 7) is 5.48. The summed E-state index contributed by atoms with van der Waals surface area (Å²) < 4.78 is 50.5. The molecule has 214 valence electrons. The number of nitrogens with zero attached hydrogens (tertiary/aromatic N) is 3. The molecule has 1 saturated heterocycles. The number of amides is 1.